The van der Waals surface area contributed by atoms with Crippen molar-refractivity contribution in [1.82, 2.24) is 15.1 Å². The van der Waals surface area contributed by atoms with Crippen LogP contribution in [0.2, 0.25) is 0 Å². The van der Waals surface area contributed by atoms with Crippen LogP contribution in [-0.2, 0) is 4.74 Å². The number of aromatic nitrogens is 2. The van der Waals surface area contributed by atoms with E-state index in [0.717, 1.165) is 0 Å². The van der Waals surface area contributed by atoms with Crippen molar-refractivity contribution in [3.8, 4) is 0 Å². The molecule has 17 heavy (non-hydrogen) atoms. The van der Waals surface area contributed by atoms with Gasteiger partial charge in [-0.15, -0.1) is 11.6 Å². The molecule has 0 bridgehead atoms. The molecular formula is C10H12ClN3O3. The maximum Gasteiger partial charge on any atom is 0.274 e. The van der Waals surface area contributed by atoms with Gasteiger partial charge < -0.3 is 9.64 Å². The number of hydrogen-bond donors (Lipinski definition) is 1. The van der Waals surface area contributed by atoms with Crippen LogP contribution in [0, 0.1) is 0 Å². The Hall–Kier alpha value is -1.40. The summed E-state index contributed by atoms with van der Waals surface area (Å²) in [5.74, 6) is 0.0740. The lowest BCUT2D eigenvalue weighted by Gasteiger charge is -2.34. The Bertz CT molecular complexity index is 442. The number of carbonyl (C=O) groups is 1. The van der Waals surface area contributed by atoms with Crippen molar-refractivity contribution in [2.75, 3.05) is 25.6 Å². The van der Waals surface area contributed by atoms with Crippen LogP contribution in [0.5, 0.6) is 0 Å². The minimum absolute atomic E-state index is 0.147. The Morgan fingerprint density at radius 1 is 1.65 bits per heavy atom. The summed E-state index contributed by atoms with van der Waals surface area (Å²) >= 11 is 5.78. The third-order valence-corrected chi connectivity index (χ3v) is 2.92. The second-order valence-electron chi connectivity index (χ2n) is 3.69. The second kappa shape index (κ2) is 5.29. The first kappa shape index (κ1) is 12.1. The van der Waals surface area contributed by atoms with Crippen LogP contribution in [0.4, 0.5) is 0 Å². The number of halogens is 1. The van der Waals surface area contributed by atoms with Gasteiger partial charge in [0.05, 0.1) is 19.3 Å². The van der Waals surface area contributed by atoms with E-state index >= 15 is 0 Å². The van der Waals surface area contributed by atoms with Gasteiger partial charge in [-0.25, -0.2) is 5.10 Å². The standard InChI is InChI=1S/C10H12ClN3O3/c11-5-7-6-17-4-3-14(7)10(16)8-1-2-9(15)13-12-8/h1-2,7H,3-6H2,(H,13,15). The number of ether oxygens (including phenoxy) is 1. The Balaban J connectivity index is 2.18. The lowest BCUT2D eigenvalue weighted by Crippen LogP contribution is -2.50. The molecule has 92 valence electrons. The van der Waals surface area contributed by atoms with Gasteiger partial charge in [0.2, 0.25) is 0 Å². The number of carbonyl (C=O) groups excluding carboxylic acids is 1. The molecule has 1 unspecified atom stereocenters. The van der Waals surface area contributed by atoms with Crippen molar-refractivity contribution in [3.63, 3.8) is 0 Å². The van der Waals surface area contributed by atoms with E-state index in [-0.39, 0.29) is 23.2 Å². The lowest BCUT2D eigenvalue weighted by atomic mass is 10.2. The molecule has 0 saturated carbocycles. The molecule has 1 atom stereocenters. The summed E-state index contributed by atoms with van der Waals surface area (Å²) in [7, 11) is 0. The Morgan fingerprint density at radius 2 is 2.47 bits per heavy atom. The van der Waals surface area contributed by atoms with Gasteiger partial charge >= 0.3 is 0 Å². The summed E-state index contributed by atoms with van der Waals surface area (Å²) in [4.78, 5) is 24.6. The number of nitrogens with zero attached hydrogens (tertiary/aromatic N) is 2. The average molecular weight is 258 g/mol. The number of nitrogens with one attached hydrogen (secondary N) is 1. The quantitative estimate of drug-likeness (QED) is 0.748. The fraction of sp³-hybridized carbons (Fsp3) is 0.500. The number of aromatic amines is 1. The summed E-state index contributed by atoms with van der Waals surface area (Å²) in [6.07, 6.45) is 0. The summed E-state index contributed by atoms with van der Waals surface area (Å²) in [6.45, 7) is 1.40. The third kappa shape index (κ3) is 2.65. The Morgan fingerprint density at radius 3 is 3.12 bits per heavy atom. The molecule has 1 aromatic rings. The monoisotopic (exact) mass is 257 g/mol. The van der Waals surface area contributed by atoms with Gasteiger partial charge in [-0.3, -0.25) is 9.59 Å². The summed E-state index contributed by atoms with van der Waals surface area (Å²) in [5, 5.41) is 5.94. The van der Waals surface area contributed by atoms with Crippen molar-refractivity contribution in [2.24, 2.45) is 0 Å². The van der Waals surface area contributed by atoms with Gasteiger partial charge in [0, 0.05) is 18.5 Å². The zero-order chi connectivity index (χ0) is 12.3. The number of rotatable bonds is 2. The largest absolute Gasteiger partial charge is 0.377 e. The van der Waals surface area contributed by atoms with Crippen LogP contribution in [0.1, 0.15) is 10.5 Å². The fourth-order valence-electron chi connectivity index (χ4n) is 1.66. The van der Waals surface area contributed by atoms with Gasteiger partial charge in [0.1, 0.15) is 5.69 Å². The number of amides is 1. The van der Waals surface area contributed by atoms with E-state index in [2.05, 4.69) is 10.2 Å². The summed E-state index contributed by atoms with van der Waals surface area (Å²) < 4.78 is 5.25. The first-order chi connectivity index (χ1) is 8.22. The minimum atomic E-state index is -0.336. The van der Waals surface area contributed by atoms with Crippen molar-refractivity contribution in [3.05, 3.63) is 28.2 Å². The van der Waals surface area contributed by atoms with E-state index in [4.69, 9.17) is 16.3 Å². The SMILES string of the molecule is O=C(c1ccc(=O)[nH]n1)N1CCOCC1CCl. The minimum Gasteiger partial charge on any atom is -0.377 e. The lowest BCUT2D eigenvalue weighted by molar-refractivity contribution is 0.00417. The van der Waals surface area contributed by atoms with E-state index in [1.54, 1.807) is 4.90 Å². The zero-order valence-corrected chi connectivity index (χ0v) is 9.81. The highest BCUT2D eigenvalue weighted by atomic mass is 35.5. The maximum absolute atomic E-state index is 12.1. The molecule has 0 aromatic carbocycles. The van der Waals surface area contributed by atoms with E-state index in [1.165, 1.54) is 12.1 Å². The van der Waals surface area contributed by atoms with E-state index in [1.807, 2.05) is 0 Å². The fourth-order valence-corrected chi connectivity index (χ4v) is 1.92. The summed E-state index contributed by atoms with van der Waals surface area (Å²) in [6, 6.07) is 2.53. The highest BCUT2D eigenvalue weighted by Gasteiger charge is 2.28. The first-order valence-corrected chi connectivity index (χ1v) is 5.76. The average Bonchev–Trinajstić information content (AvgIpc) is 2.39. The van der Waals surface area contributed by atoms with Gasteiger partial charge in [0.15, 0.2) is 0 Å². The highest BCUT2D eigenvalue weighted by molar-refractivity contribution is 6.18. The van der Waals surface area contributed by atoms with Gasteiger partial charge in [-0.05, 0) is 6.07 Å². The number of hydrogen-bond acceptors (Lipinski definition) is 4. The second-order valence-corrected chi connectivity index (χ2v) is 4.00. The number of H-pyrrole nitrogens is 1. The van der Waals surface area contributed by atoms with Crippen LogP contribution in [0.3, 0.4) is 0 Å². The molecular weight excluding hydrogens is 246 g/mol. The molecule has 0 aliphatic carbocycles. The molecule has 1 saturated heterocycles. The van der Waals surface area contributed by atoms with Crippen LogP contribution in [0.15, 0.2) is 16.9 Å². The van der Waals surface area contributed by atoms with Gasteiger partial charge in [-0.1, -0.05) is 0 Å². The molecule has 0 radical (unpaired) electrons. The van der Waals surface area contributed by atoms with Crippen molar-refractivity contribution < 1.29 is 9.53 Å². The summed E-state index contributed by atoms with van der Waals surface area (Å²) in [5.41, 5.74) is -0.126. The zero-order valence-electron chi connectivity index (χ0n) is 9.06. The maximum atomic E-state index is 12.1. The predicted molar refractivity (Wildman–Crippen MR) is 61.2 cm³/mol. The van der Waals surface area contributed by atoms with Crippen molar-refractivity contribution >= 4 is 17.5 Å². The molecule has 1 amide bonds. The molecule has 0 spiro atoms. The smallest absolute Gasteiger partial charge is 0.274 e. The van der Waals surface area contributed by atoms with Crippen LogP contribution in [0.25, 0.3) is 0 Å². The van der Waals surface area contributed by atoms with Crippen LogP contribution < -0.4 is 5.56 Å². The van der Waals surface area contributed by atoms with Crippen molar-refractivity contribution in [2.45, 2.75) is 6.04 Å². The first-order valence-electron chi connectivity index (χ1n) is 5.23. The Kier molecular flexibility index (Phi) is 3.75. The van der Waals surface area contributed by atoms with Gasteiger partial charge in [-0.2, -0.15) is 5.10 Å². The van der Waals surface area contributed by atoms with Crippen LogP contribution in [-0.4, -0.2) is 52.7 Å². The molecule has 2 rings (SSSR count). The van der Waals surface area contributed by atoms with E-state index in [9.17, 15) is 9.59 Å². The molecule has 1 aliphatic heterocycles. The molecule has 1 N–H and O–H groups in total. The molecule has 1 aromatic heterocycles. The van der Waals surface area contributed by atoms with Gasteiger partial charge in [0.25, 0.3) is 11.5 Å². The number of morpholine rings is 1. The predicted octanol–water partition coefficient (Wildman–Crippen LogP) is -0.150. The van der Waals surface area contributed by atoms with Crippen molar-refractivity contribution in [1.29, 1.82) is 0 Å². The molecule has 2 heterocycles. The third-order valence-electron chi connectivity index (χ3n) is 2.56. The molecule has 6 nitrogen and oxygen atoms in total. The number of alkyl halides is 1. The molecule has 1 fully saturated rings. The topological polar surface area (TPSA) is 75.3 Å². The Labute approximate surface area is 103 Å². The normalized spacial score (nSPS) is 20.3. The molecule has 1 aliphatic rings. The van der Waals surface area contributed by atoms with Crippen LogP contribution >= 0.6 is 11.6 Å². The highest BCUT2D eigenvalue weighted by Crippen LogP contribution is 2.11. The van der Waals surface area contributed by atoms with E-state index < -0.39 is 0 Å². The van der Waals surface area contributed by atoms with E-state index in [0.29, 0.717) is 25.6 Å². The molecule has 7 heteroatoms.